The van der Waals surface area contributed by atoms with Gasteiger partial charge in [0.25, 0.3) is 0 Å². The average molecular weight is 345 g/mol. The van der Waals surface area contributed by atoms with Crippen LogP contribution in [0.3, 0.4) is 0 Å². The fraction of sp³-hybridized carbons (Fsp3) is 0.500. The number of sulfonamides is 1. The fourth-order valence-electron chi connectivity index (χ4n) is 3.79. The van der Waals surface area contributed by atoms with Gasteiger partial charge in [0.05, 0.1) is 4.90 Å². The van der Waals surface area contributed by atoms with E-state index < -0.39 is 10.0 Å². The van der Waals surface area contributed by atoms with Gasteiger partial charge in [0.2, 0.25) is 10.0 Å². The van der Waals surface area contributed by atoms with E-state index in [0.29, 0.717) is 17.4 Å². The lowest BCUT2D eigenvalue weighted by Gasteiger charge is -2.24. The monoisotopic (exact) mass is 345 g/mol. The predicted octanol–water partition coefficient (Wildman–Crippen LogP) is 2.30. The van der Waals surface area contributed by atoms with Crippen molar-refractivity contribution in [2.75, 3.05) is 6.54 Å². The summed E-state index contributed by atoms with van der Waals surface area (Å²) in [5.74, 6) is 1.42. The molecule has 1 N–H and O–H groups in total. The van der Waals surface area contributed by atoms with Crippen molar-refractivity contribution in [2.24, 2.45) is 5.92 Å². The molecule has 2 heterocycles. The molecule has 24 heavy (non-hydrogen) atoms. The fourth-order valence-corrected chi connectivity index (χ4v) is 4.96. The normalized spacial score (nSPS) is 20.4. The lowest BCUT2D eigenvalue weighted by atomic mass is 9.92. The Bertz CT molecular complexity index is 842. The molecule has 5 nitrogen and oxygen atoms in total. The van der Waals surface area contributed by atoms with Crippen molar-refractivity contribution >= 4 is 10.0 Å². The number of aryl methyl sites for hydroxylation is 3. The summed E-state index contributed by atoms with van der Waals surface area (Å²) in [5, 5.41) is 0. The minimum atomic E-state index is -3.43. The molecule has 0 amide bonds. The summed E-state index contributed by atoms with van der Waals surface area (Å²) in [6.45, 7) is 1.32. The van der Waals surface area contributed by atoms with E-state index in [0.717, 1.165) is 44.5 Å². The largest absolute Gasteiger partial charge is 0.335 e. The highest BCUT2D eigenvalue weighted by Gasteiger charge is 2.22. The summed E-state index contributed by atoms with van der Waals surface area (Å²) >= 11 is 0. The second-order valence-electron chi connectivity index (χ2n) is 6.89. The van der Waals surface area contributed by atoms with E-state index in [1.165, 1.54) is 17.5 Å². The Morgan fingerprint density at radius 3 is 2.88 bits per heavy atom. The third-order valence-corrected chi connectivity index (χ3v) is 6.65. The lowest BCUT2D eigenvalue weighted by molar-refractivity contribution is 0.363. The van der Waals surface area contributed by atoms with Gasteiger partial charge in [-0.2, -0.15) is 0 Å². The van der Waals surface area contributed by atoms with Gasteiger partial charge in [-0.25, -0.2) is 18.1 Å². The molecule has 6 heteroatoms. The highest BCUT2D eigenvalue weighted by atomic mass is 32.2. The van der Waals surface area contributed by atoms with Gasteiger partial charge in [-0.05, 0) is 61.3 Å². The van der Waals surface area contributed by atoms with Crippen LogP contribution in [0.5, 0.6) is 0 Å². The highest BCUT2D eigenvalue weighted by molar-refractivity contribution is 7.89. The molecule has 1 aromatic carbocycles. The van der Waals surface area contributed by atoms with Crippen LogP contribution < -0.4 is 4.72 Å². The van der Waals surface area contributed by atoms with Crippen molar-refractivity contribution in [3.05, 3.63) is 47.5 Å². The molecule has 0 saturated carbocycles. The van der Waals surface area contributed by atoms with Gasteiger partial charge >= 0.3 is 0 Å². The maximum absolute atomic E-state index is 12.6. The first kappa shape index (κ1) is 15.8. The first-order valence-electron chi connectivity index (χ1n) is 8.73. The maximum atomic E-state index is 12.6. The molecule has 2 aliphatic rings. The number of aromatic nitrogens is 2. The molecular formula is C18H23N3O2S. The van der Waals surface area contributed by atoms with Crippen LogP contribution in [0.4, 0.5) is 0 Å². The molecule has 1 aliphatic carbocycles. The molecule has 128 valence electrons. The van der Waals surface area contributed by atoms with E-state index in [1.807, 2.05) is 24.5 Å². The average Bonchev–Trinajstić information content (AvgIpc) is 3.07. The smallest absolute Gasteiger partial charge is 0.240 e. The number of hydrogen-bond donors (Lipinski definition) is 1. The number of imidazole rings is 1. The SMILES string of the molecule is O=S(=O)(NC[C@H]1CCc2nccn2C1)c1ccc2c(c1)CCCC2. The van der Waals surface area contributed by atoms with Crippen molar-refractivity contribution < 1.29 is 8.42 Å². The van der Waals surface area contributed by atoms with Crippen LogP contribution in [0.2, 0.25) is 0 Å². The van der Waals surface area contributed by atoms with Crippen LogP contribution in [-0.4, -0.2) is 24.5 Å². The first-order chi connectivity index (χ1) is 11.6. The van der Waals surface area contributed by atoms with Gasteiger partial charge < -0.3 is 4.57 Å². The molecule has 0 spiro atoms. The number of rotatable bonds is 4. The Morgan fingerprint density at radius 2 is 2.00 bits per heavy atom. The standard InChI is InChI=1S/C18H23N3O2S/c22-24(23,17-7-6-15-3-1-2-4-16(15)11-17)20-12-14-5-8-18-19-9-10-21(18)13-14/h6-7,9-11,14,20H,1-5,8,12-13H2/t14-/m1/s1. The summed E-state index contributed by atoms with van der Waals surface area (Å²) in [5.41, 5.74) is 2.50. The number of nitrogens with zero attached hydrogens (tertiary/aromatic N) is 2. The van der Waals surface area contributed by atoms with Gasteiger partial charge in [-0.3, -0.25) is 0 Å². The molecule has 4 rings (SSSR count). The molecule has 1 atom stereocenters. The summed E-state index contributed by atoms with van der Waals surface area (Å²) in [6, 6.07) is 5.61. The Morgan fingerprint density at radius 1 is 1.17 bits per heavy atom. The molecule has 0 bridgehead atoms. The minimum absolute atomic E-state index is 0.319. The minimum Gasteiger partial charge on any atom is -0.335 e. The van der Waals surface area contributed by atoms with Crippen LogP contribution in [-0.2, 0) is 35.8 Å². The van der Waals surface area contributed by atoms with Crippen molar-refractivity contribution in [1.29, 1.82) is 0 Å². The second-order valence-corrected chi connectivity index (χ2v) is 8.66. The van der Waals surface area contributed by atoms with Crippen molar-refractivity contribution in [2.45, 2.75) is 50.0 Å². The van der Waals surface area contributed by atoms with Crippen LogP contribution in [0.25, 0.3) is 0 Å². The van der Waals surface area contributed by atoms with Gasteiger partial charge in [0, 0.05) is 31.9 Å². The number of nitrogens with one attached hydrogen (secondary N) is 1. The zero-order chi connectivity index (χ0) is 16.6. The Hall–Kier alpha value is -1.66. The summed E-state index contributed by atoms with van der Waals surface area (Å²) in [6.07, 6.45) is 10.1. The van der Waals surface area contributed by atoms with E-state index >= 15 is 0 Å². The van der Waals surface area contributed by atoms with Crippen molar-refractivity contribution in [3.63, 3.8) is 0 Å². The Kier molecular flexibility index (Phi) is 4.18. The first-order valence-corrected chi connectivity index (χ1v) is 10.2. The molecule has 0 saturated heterocycles. The molecular weight excluding hydrogens is 322 g/mol. The molecule has 0 fully saturated rings. The van der Waals surface area contributed by atoms with E-state index in [2.05, 4.69) is 14.3 Å². The zero-order valence-corrected chi connectivity index (χ0v) is 14.6. The lowest BCUT2D eigenvalue weighted by Crippen LogP contribution is -2.33. The number of fused-ring (bicyclic) bond motifs is 2. The summed E-state index contributed by atoms with van der Waals surface area (Å²) in [7, 11) is -3.43. The van der Waals surface area contributed by atoms with Crippen LogP contribution >= 0.6 is 0 Å². The van der Waals surface area contributed by atoms with Crippen molar-refractivity contribution in [3.8, 4) is 0 Å². The van der Waals surface area contributed by atoms with Crippen LogP contribution in [0, 0.1) is 5.92 Å². The van der Waals surface area contributed by atoms with Crippen molar-refractivity contribution in [1.82, 2.24) is 14.3 Å². The van der Waals surface area contributed by atoms with Crippen LogP contribution in [0.15, 0.2) is 35.5 Å². The van der Waals surface area contributed by atoms with Gasteiger partial charge in [-0.15, -0.1) is 0 Å². The summed E-state index contributed by atoms with van der Waals surface area (Å²) < 4.78 is 30.2. The van der Waals surface area contributed by atoms with E-state index in [-0.39, 0.29) is 0 Å². The number of hydrogen-bond acceptors (Lipinski definition) is 3. The maximum Gasteiger partial charge on any atom is 0.240 e. The van der Waals surface area contributed by atoms with Gasteiger partial charge in [0.1, 0.15) is 5.82 Å². The Balaban J connectivity index is 1.44. The zero-order valence-electron chi connectivity index (χ0n) is 13.7. The number of benzene rings is 1. The predicted molar refractivity (Wildman–Crippen MR) is 92.3 cm³/mol. The van der Waals surface area contributed by atoms with E-state index in [9.17, 15) is 8.42 Å². The third kappa shape index (κ3) is 3.13. The third-order valence-electron chi connectivity index (χ3n) is 5.23. The molecule has 1 aromatic heterocycles. The molecule has 2 aromatic rings. The molecule has 0 radical (unpaired) electrons. The van der Waals surface area contributed by atoms with Gasteiger partial charge in [0.15, 0.2) is 0 Å². The molecule has 1 aliphatic heterocycles. The topological polar surface area (TPSA) is 64.0 Å². The second kappa shape index (κ2) is 6.33. The molecule has 0 unspecified atom stereocenters. The highest BCUT2D eigenvalue weighted by Crippen LogP contribution is 2.24. The van der Waals surface area contributed by atoms with Crippen LogP contribution in [0.1, 0.15) is 36.2 Å². The van der Waals surface area contributed by atoms with E-state index in [1.54, 1.807) is 6.07 Å². The summed E-state index contributed by atoms with van der Waals surface area (Å²) in [4.78, 5) is 4.72. The van der Waals surface area contributed by atoms with Gasteiger partial charge in [-0.1, -0.05) is 6.07 Å². The quantitative estimate of drug-likeness (QED) is 0.925. The Labute approximate surface area is 143 Å². The van der Waals surface area contributed by atoms with E-state index in [4.69, 9.17) is 0 Å².